The molecule has 3 heterocycles. The number of para-hydroxylation sites is 1. The second-order valence-corrected chi connectivity index (χ2v) is 8.08. The third-order valence-corrected chi connectivity index (χ3v) is 6.05. The van der Waals surface area contributed by atoms with E-state index in [4.69, 9.17) is 17.0 Å². The van der Waals surface area contributed by atoms with Crippen molar-refractivity contribution in [3.8, 4) is 5.69 Å². The molecule has 0 N–H and O–H groups in total. The Balaban J connectivity index is 1.61. The minimum absolute atomic E-state index is 0.0486. The lowest BCUT2D eigenvalue weighted by atomic mass is 10.1. The topological polar surface area (TPSA) is 67.7 Å². The van der Waals surface area contributed by atoms with Gasteiger partial charge in [-0.25, -0.2) is 4.98 Å². The second-order valence-electron chi connectivity index (χ2n) is 7.72. The van der Waals surface area contributed by atoms with E-state index in [-0.39, 0.29) is 17.8 Å². The van der Waals surface area contributed by atoms with E-state index in [0.29, 0.717) is 48.9 Å². The molecule has 0 saturated carbocycles. The summed E-state index contributed by atoms with van der Waals surface area (Å²) in [6.45, 7) is 6.50. The van der Waals surface area contributed by atoms with Crippen molar-refractivity contribution < 1.29 is 14.3 Å². The first kappa shape index (κ1) is 20.7. The van der Waals surface area contributed by atoms with Crippen LogP contribution in [0.2, 0.25) is 0 Å². The van der Waals surface area contributed by atoms with E-state index in [1.165, 1.54) is 0 Å². The van der Waals surface area contributed by atoms with E-state index in [1.54, 1.807) is 6.92 Å². The highest BCUT2D eigenvalue weighted by molar-refractivity contribution is 7.71. The van der Waals surface area contributed by atoms with Crippen LogP contribution in [-0.2, 0) is 9.53 Å². The number of hydrogen-bond donors (Lipinski definition) is 0. The van der Waals surface area contributed by atoms with Gasteiger partial charge in [0.15, 0.2) is 5.78 Å². The molecule has 8 heteroatoms. The molecule has 1 atom stereocenters. The third kappa shape index (κ3) is 3.89. The maximum atomic E-state index is 12.6. The maximum Gasteiger partial charge on any atom is 0.251 e. The van der Waals surface area contributed by atoms with E-state index >= 15 is 0 Å². The number of carbonyl (C=O) groups is 2. The minimum Gasteiger partial charge on any atom is -0.368 e. The SMILES string of the molecule is CC(=O)c1c(N2CCN(C(=O)[C@@H]3CCCO3)CC2)nc(=S)n(-c2ccccc2)c1C. The maximum absolute atomic E-state index is 12.6. The number of hydrogen-bond acceptors (Lipinski definition) is 6. The molecule has 0 spiro atoms. The molecule has 0 aliphatic carbocycles. The monoisotopic (exact) mass is 426 g/mol. The summed E-state index contributed by atoms with van der Waals surface area (Å²) in [6.07, 6.45) is 1.44. The summed E-state index contributed by atoms with van der Waals surface area (Å²) in [5.41, 5.74) is 2.24. The van der Waals surface area contributed by atoms with Gasteiger partial charge in [0.1, 0.15) is 11.9 Å². The average Bonchev–Trinajstić information content (AvgIpc) is 3.28. The van der Waals surface area contributed by atoms with Crippen LogP contribution < -0.4 is 4.90 Å². The van der Waals surface area contributed by atoms with Gasteiger partial charge in [-0.2, -0.15) is 0 Å². The van der Waals surface area contributed by atoms with Crippen LogP contribution in [0.5, 0.6) is 0 Å². The third-order valence-electron chi connectivity index (χ3n) is 5.78. The fraction of sp³-hybridized carbons (Fsp3) is 0.455. The van der Waals surface area contributed by atoms with Crippen molar-refractivity contribution in [2.45, 2.75) is 32.8 Å². The lowest BCUT2D eigenvalue weighted by Crippen LogP contribution is -2.52. The Morgan fingerprint density at radius 2 is 1.83 bits per heavy atom. The molecule has 7 nitrogen and oxygen atoms in total. The molecule has 30 heavy (non-hydrogen) atoms. The lowest BCUT2D eigenvalue weighted by Gasteiger charge is -2.37. The van der Waals surface area contributed by atoms with Crippen LogP contribution in [0.1, 0.15) is 35.8 Å². The van der Waals surface area contributed by atoms with Gasteiger partial charge >= 0.3 is 0 Å². The summed E-state index contributed by atoms with van der Waals surface area (Å²) >= 11 is 5.59. The van der Waals surface area contributed by atoms with Crippen LogP contribution in [0, 0.1) is 11.7 Å². The van der Waals surface area contributed by atoms with E-state index in [2.05, 4.69) is 9.88 Å². The predicted octanol–water partition coefficient (Wildman–Crippen LogP) is 2.94. The van der Waals surface area contributed by atoms with Crippen molar-refractivity contribution in [1.82, 2.24) is 14.5 Å². The molecule has 2 aliphatic rings. The fourth-order valence-electron chi connectivity index (χ4n) is 4.25. The van der Waals surface area contributed by atoms with E-state index in [0.717, 1.165) is 24.2 Å². The smallest absolute Gasteiger partial charge is 0.251 e. The van der Waals surface area contributed by atoms with Gasteiger partial charge in [0.05, 0.1) is 5.56 Å². The summed E-state index contributed by atoms with van der Waals surface area (Å²) in [4.78, 5) is 33.8. The van der Waals surface area contributed by atoms with Gasteiger partial charge in [-0.1, -0.05) is 18.2 Å². The number of anilines is 1. The minimum atomic E-state index is -0.300. The number of ether oxygens (including phenoxy) is 1. The number of rotatable bonds is 4. The molecule has 0 bridgehead atoms. The second kappa shape index (κ2) is 8.65. The first-order chi connectivity index (χ1) is 14.5. The summed E-state index contributed by atoms with van der Waals surface area (Å²) < 4.78 is 7.79. The molecule has 158 valence electrons. The molecule has 4 rings (SSSR count). The van der Waals surface area contributed by atoms with Crippen LogP contribution in [0.4, 0.5) is 5.82 Å². The zero-order chi connectivity index (χ0) is 21.3. The van der Waals surface area contributed by atoms with Gasteiger partial charge in [0, 0.05) is 44.2 Å². The molecule has 2 aromatic rings. The van der Waals surface area contributed by atoms with E-state index in [1.807, 2.05) is 46.7 Å². The standard InChI is InChI=1S/C22H26N4O3S/c1-15-19(16(2)27)20(23-22(30)26(15)17-7-4-3-5-8-17)24-10-12-25(13-11-24)21(28)18-9-6-14-29-18/h3-5,7-8,18H,6,9-14H2,1-2H3/t18-/m0/s1. The number of benzene rings is 1. The van der Waals surface area contributed by atoms with Gasteiger partial charge in [0.2, 0.25) is 4.77 Å². The van der Waals surface area contributed by atoms with Gasteiger partial charge in [-0.15, -0.1) is 0 Å². The molecule has 2 saturated heterocycles. The highest BCUT2D eigenvalue weighted by Crippen LogP contribution is 2.26. The number of aromatic nitrogens is 2. The molecular formula is C22H26N4O3S. The Morgan fingerprint density at radius 1 is 1.13 bits per heavy atom. The van der Waals surface area contributed by atoms with Crippen molar-refractivity contribution in [2.75, 3.05) is 37.7 Å². The van der Waals surface area contributed by atoms with Gasteiger partial charge < -0.3 is 14.5 Å². The Morgan fingerprint density at radius 3 is 2.43 bits per heavy atom. The number of Topliss-reactive ketones (excluding diaryl/α,β-unsaturated/α-hetero) is 1. The van der Waals surface area contributed by atoms with Gasteiger partial charge in [0.25, 0.3) is 5.91 Å². The highest BCUT2D eigenvalue weighted by Gasteiger charge is 2.31. The largest absolute Gasteiger partial charge is 0.368 e. The van der Waals surface area contributed by atoms with E-state index in [9.17, 15) is 9.59 Å². The van der Waals surface area contributed by atoms with Crippen molar-refractivity contribution >= 4 is 29.7 Å². The first-order valence-corrected chi connectivity index (χ1v) is 10.7. The molecule has 2 fully saturated rings. The number of nitrogens with zero attached hydrogens (tertiary/aromatic N) is 4. The molecule has 0 radical (unpaired) electrons. The molecular weight excluding hydrogens is 400 g/mol. The lowest BCUT2D eigenvalue weighted by molar-refractivity contribution is -0.141. The van der Waals surface area contributed by atoms with Crippen LogP contribution in [0.15, 0.2) is 30.3 Å². The zero-order valence-electron chi connectivity index (χ0n) is 17.3. The van der Waals surface area contributed by atoms with Crippen LogP contribution in [0.25, 0.3) is 5.69 Å². The first-order valence-electron chi connectivity index (χ1n) is 10.3. The summed E-state index contributed by atoms with van der Waals surface area (Å²) in [5.74, 6) is 0.635. The van der Waals surface area contributed by atoms with Crippen molar-refractivity contribution in [1.29, 1.82) is 0 Å². The summed E-state index contributed by atoms with van der Waals surface area (Å²) in [6, 6.07) is 9.70. The predicted molar refractivity (Wildman–Crippen MR) is 117 cm³/mol. The number of piperazine rings is 1. The highest BCUT2D eigenvalue weighted by atomic mass is 32.1. The fourth-order valence-corrected chi connectivity index (χ4v) is 4.58. The number of ketones is 1. The van der Waals surface area contributed by atoms with Crippen LogP contribution >= 0.6 is 12.2 Å². The van der Waals surface area contributed by atoms with Crippen molar-refractivity contribution in [2.24, 2.45) is 0 Å². The van der Waals surface area contributed by atoms with Crippen molar-refractivity contribution in [3.63, 3.8) is 0 Å². The Kier molecular flexibility index (Phi) is 5.97. The van der Waals surface area contributed by atoms with Crippen LogP contribution in [0.3, 0.4) is 0 Å². The zero-order valence-corrected chi connectivity index (χ0v) is 18.2. The van der Waals surface area contributed by atoms with Crippen LogP contribution in [-0.4, -0.2) is 65.0 Å². The molecule has 1 aromatic carbocycles. The van der Waals surface area contributed by atoms with Gasteiger partial charge in [-0.3, -0.25) is 14.2 Å². The summed E-state index contributed by atoms with van der Waals surface area (Å²) in [5, 5.41) is 0. The van der Waals surface area contributed by atoms with Gasteiger partial charge in [-0.05, 0) is 51.0 Å². The normalized spacial score (nSPS) is 19.2. The van der Waals surface area contributed by atoms with E-state index < -0.39 is 0 Å². The molecule has 1 amide bonds. The Labute approximate surface area is 181 Å². The average molecular weight is 427 g/mol. The Bertz CT molecular complexity index is 1010. The number of carbonyl (C=O) groups excluding carboxylic acids is 2. The molecule has 2 aliphatic heterocycles. The van der Waals surface area contributed by atoms with Crippen molar-refractivity contribution in [3.05, 3.63) is 46.4 Å². The quantitative estimate of drug-likeness (QED) is 0.553. The molecule has 1 aromatic heterocycles. The number of amides is 1. The summed E-state index contributed by atoms with van der Waals surface area (Å²) in [7, 11) is 0. The Hall–Kier alpha value is -2.58. The molecule has 0 unspecified atom stereocenters.